The van der Waals surface area contributed by atoms with Crippen LogP contribution in [-0.4, -0.2) is 5.38 Å². The number of hydrogen-bond acceptors (Lipinski definition) is 0. The lowest BCUT2D eigenvalue weighted by Crippen LogP contribution is -2.10. The van der Waals surface area contributed by atoms with Crippen molar-refractivity contribution in [2.75, 3.05) is 0 Å². The zero-order valence-corrected chi connectivity index (χ0v) is 8.73. The van der Waals surface area contributed by atoms with Crippen LogP contribution in [0.15, 0.2) is 12.2 Å². The van der Waals surface area contributed by atoms with Gasteiger partial charge < -0.3 is 0 Å². The van der Waals surface area contributed by atoms with Crippen molar-refractivity contribution in [3.63, 3.8) is 0 Å². The molecular weight excluding hydrogens is 156 g/mol. The molecule has 0 saturated carbocycles. The summed E-state index contributed by atoms with van der Waals surface area (Å²) in [4.78, 5) is 0. The summed E-state index contributed by atoms with van der Waals surface area (Å²) in [6.45, 7) is 8.56. The molecule has 3 unspecified atom stereocenters. The average Bonchev–Trinajstić information content (AvgIpc) is 1.87. The third kappa shape index (κ3) is 5.32. The van der Waals surface area contributed by atoms with Crippen molar-refractivity contribution in [1.82, 2.24) is 0 Å². The summed E-state index contributed by atoms with van der Waals surface area (Å²) in [7, 11) is 0. The molecule has 0 radical (unpaired) electrons. The molecule has 0 bridgehead atoms. The Morgan fingerprint density at radius 1 is 1.27 bits per heavy atom. The SMILES string of the molecule is CC=CC(C)CC(C)C(C)Cl. The van der Waals surface area contributed by atoms with Gasteiger partial charge in [-0.3, -0.25) is 0 Å². The average molecular weight is 175 g/mol. The molecule has 0 N–H and O–H groups in total. The van der Waals surface area contributed by atoms with Crippen LogP contribution in [0, 0.1) is 11.8 Å². The summed E-state index contributed by atoms with van der Waals surface area (Å²) in [5.74, 6) is 1.28. The van der Waals surface area contributed by atoms with Gasteiger partial charge in [0.05, 0.1) is 0 Å². The van der Waals surface area contributed by atoms with Gasteiger partial charge in [0.25, 0.3) is 0 Å². The molecule has 0 rings (SSSR count). The molecule has 66 valence electrons. The molecule has 0 aromatic heterocycles. The molecule has 1 heteroatoms. The highest BCUT2D eigenvalue weighted by atomic mass is 35.5. The van der Waals surface area contributed by atoms with Crippen molar-refractivity contribution >= 4 is 11.6 Å². The minimum Gasteiger partial charge on any atom is -0.123 e. The van der Waals surface area contributed by atoms with Crippen molar-refractivity contribution in [3.8, 4) is 0 Å². The number of hydrogen-bond donors (Lipinski definition) is 0. The first kappa shape index (κ1) is 11.0. The van der Waals surface area contributed by atoms with E-state index in [1.807, 2.05) is 0 Å². The molecule has 0 fully saturated rings. The van der Waals surface area contributed by atoms with Gasteiger partial charge in [0.15, 0.2) is 0 Å². The fourth-order valence-corrected chi connectivity index (χ4v) is 1.28. The van der Waals surface area contributed by atoms with Gasteiger partial charge in [-0.2, -0.15) is 0 Å². The van der Waals surface area contributed by atoms with E-state index in [9.17, 15) is 0 Å². The van der Waals surface area contributed by atoms with Crippen LogP contribution in [0.4, 0.5) is 0 Å². The first-order chi connectivity index (χ1) is 5.07. The second-order valence-electron chi connectivity index (χ2n) is 3.39. The summed E-state index contributed by atoms with van der Waals surface area (Å²) >= 11 is 5.95. The maximum Gasteiger partial charge on any atom is 0.0333 e. The van der Waals surface area contributed by atoms with Gasteiger partial charge in [0.2, 0.25) is 0 Å². The Bertz CT molecular complexity index is 116. The molecule has 11 heavy (non-hydrogen) atoms. The van der Waals surface area contributed by atoms with E-state index in [0.29, 0.717) is 17.2 Å². The first-order valence-electron chi connectivity index (χ1n) is 4.34. The standard InChI is InChI=1S/C10H19Cl/c1-5-6-8(2)7-9(3)10(4)11/h5-6,8-10H,7H2,1-4H3. The molecule has 0 aromatic rings. The molecule has 0 saturated heterocycles. The van der Waals surface area contributed by atoms with E-state index in [2.05, 4.69) is 39.8 Å². The van der Waals surface area contributed by atoms with E-state index in [0.717, 1.165) is 0 Å². The molecule has 0 heterocycles. The second kappa shape index (κ2) is 5.65. The van der Waals surface area contributed by atoms with Gasteiger partial charge in [-0.25, -0.2) is 0 Å². The van der Waals surface area contributed by atoms with E-state index in [-0.39, 0.29) is 0 Å². The van der Waals surface area contributed by atoms with Gasteiger partial charge in [-0.05, 0) is 32.1 Å². The van der Waals surface area contributed by atoms with Crippen LogP contribution < -0.4 is 0 Å². The molecule has 3 atom stereocenters. The first-order valence-corrected chi connectivity index (χ1v) is 4.78. The minimum absolute atomic E-state index is 0.294. The maximum absolute atomic E-state index is 5.95. The van der Waals surface area contributed by atoms with Crippen LogP contribution >= 0.6 is 11.6 Å². The van der Waals surface area contributed by atoms with Gasteiger partial charge in [-0.1, -0.05) is 26.0 Å². The van der Waals surface area contributed by atoms with Crippen LogP contribution in [0.25, 0.3) is 0 Å². The molecule has 0 spiro atoms. The summed E-state index contributed by atoms with van der Waals surface area (Å²) in [5.41, 5.74) is 0. The zero-order chi connectivity index (χ0) is 8.85. The van der Waals surface area contributed by atoms with Gasteiger partial charge in [0.1, 0.15) is 0 Å². The van der Waals surface area contributed by atoms with Crippen molar-refractivity contribution in [3.05, 3.63) is 12.2 Å². The lowest BCUT2D eigenvalue weighted by atomic mass is 9.95. The molecule has 0 nitrogen and oxygen atoms in total. The summed E-state index contributed by atoms with van der Waals surface area (Å²) in [5, 5.41) is 0.294. The topological polar surface area (TPSA) is 0 Å². The lowest BCUT2D eigenvalue weighted by molar-refractivity contribution is 0.460. The normalized spacial score (nSPS) is 20.1. The van der Waals surface area contributed by atoms with Crippen LogP contribution in [0.5, 0.6) is 0 Å². The second-order valence-corrected chi connectivity index (χ2v) is 4.08. The molecule has 0 aliphatic rings. The Morgan fingerprint density at radius 3 is 2.18 bits per heavy atom. The van der Waals surface area contributed by atoms with Crippen molar-refractivity contribution in [2.45, 2.75) is 39.5 Å². The van der Waals surface area contributed by atoms with Crippen LogP contribution in [-0.2, 0) is 0 Å². The number of alkyl halides is 1. The highest BCUT2D eigenvalue weighted by Gasteiger charge is 2.10. The van der Waals surface area contributed by atoms with E-state index in [1.54, 1.807) is 0 Å². The number of rotatable bonds is 4. The molecule has 0 aliphatic carbocycles. The molecule has 0 aromatic carbocycles. The largest absolute Gasteiger partial charge is 0.123 e. The Labute approximate surface area is 75.6 Å². The quantitative estimate of drug-likeness (QED) is 0.449. The summed E-state index contributed by atoms with van der Waals surface area (Å²) in [6, 6.07) is 0. The summed E-state index contributed by atoms with van der Waals surface area (Å²) in [6.07, 6.45) is 5.53. The van der Waals surface area contributed by atoms with E-state index in [4.69, 9.17) is 11.6 Å². The van der Waals surface area contributed by atoms with Crippen molar-refractivity contribution in [1.29, 1.82) is 0 Å². The number of allylic oxidation sites excluding steroid dienone is 2. The minimum atomic E-state index is 0.294. The Hall–Kier alpha value is 0.0300. The lowest BCUT2D eigenvalue weighted by Gasteiger charge is -2.16. The van der Waals surface area contributed by atoms with Crippen LogP contribution in [0.1, 0.15) is 34.1 Å². The Balaban J connectivity index is 3.65. The third-order valence-electron chi connectivity index (χ3n) is 2.05. The zero-order valence-electron chi connectivity index (χ0n) is 7.97. The molecule has 0 amide bonds. The fraction of sp³-hybridized carbons (Fsp3) is 0.800. The maximum atomic E-state index is 5.95. The summed E-state index contributed by atoms with van der Waals surface area (Å²) < 4.78 is 0. The van der Waals surface area contributed by atoms with Crippen LogP contribution in [0.3, 0.4) is 0 Å². The fourth-order valence-electron chi connectivity index (χ4n) is 1.18. The monoisotopic (exact) mass is 174 g/mol. The molecular formula is C10H19Cl. The van der Waals surface area contributed by atoms with Gasteiger partial charge in [-0.15, -0.1) is 11.6 Å². The van der Waals surface area contributed by atoms with E-state index >= 15 is 0 Å². The van der Waals surface area contributed by atoms with E-state index in [1.165, 1.54) is 6.42 Å². The predicted octanol–water partition coefficient (Wildman–Crippen LogP) is 3.85. The van der Waals surface area contributed by atoms with E-state index < -0.39 is 0 Å². The molecule has 0 aliphatic heterocycles. The van der Waals surface area contributed by atoms with Gasteiger partial charge >= 0.3 is 0 Å². The Kier molecular flexibility index (Phi) is 5.67. The van der Waals surface area contributed by atoms with Crippen molar-refractivity contribution < 1.29 is 0 Å². The highest BCUT2D eigenvalue weighted by molar-refractivity contribution is 6.20. The van der Waals surface area contributed by atoms with Crippen molar-refractivity contribution in [2.24, 2.45) is 11.8 Å². The Morgan fingerprint density at radius 2 is 1.82 bits per heavy atom. The third-order valence-corrected chi connectivity index (χ3v) is 2.48. The number of halogens is 1. The highest BCUT2D eigenvalue weighted by Crippen LogP contribution is 2.19. The smallest absolute Gasteiger partial charge is 0.0333 e. The predicted molar refractivity (Wildman–Crippen MR) is 53.1 cm³/mol. The van der Waals surface area contributed by atoms with Gasteiger partial charge in [0, 0.05) is 5.38 Å². The van der Waals surface area contributed by atoms with Crippen LogP contribution in [0.2, 0.25) is 0 Å².